The first-order valence-electron chi connectivity index (χ1n) is 7.10. The van der Waals surface area contributed by atoms with Crippen molar-refractivity contribution in [3.63, 3.8) is 0 Å². The number of nitrogens with two attached hydrogens (primary N) is 1. The van der Waals surface area contributed by atoms with Gasteiger partial charge in [0.25, 0.3) is 0 Å². The summed E-state index contributed by atoms with van der Waals surface area (Å²) in [5.41, 5.74) is 5.58. The third-order valence-corrected chi connectivity index (χ3v) is 6.21. The number of hydrogen-bond donors (Lipinski definition) is 2. The molecule has 1 saturated carbocycles. The maximum Gasteiger partial charge on any atom is 0.242 e. The Labute approximate surface area is 133 Å². The molecule has 4 nitrogen and oxygen atoms in total. The van der Waals surface area contributed by atoms with Gasteiger partial charge in [0.05, 0.1) is 10.2 Å². The molecule has 1 aromatic rings. The third-order valence-electron chi connectivity index (χ3n) is 4.02. The van der Waals surface area contributed by atoms with Gasteiger partial charge in [-0.2, -0.15) is 0 Å². The Bertz CT molecular complexity index is 622. The van der Waals surface area contributed by atoms with Crippen LogP contribution in [-0.2, 0) is 10.0 Å². The van der Waals surface area contributed by atoms with Gasteiger partial charge in [0.15, 0.2) is 0 Å². The zero-order valence-corrected chi connectivity index (χ0v) is 14.3. The molecule has 7 heteroatoms. The third kappa shape index (κ3) is 3.96. The van der Waals surface area contributed by atoms with Crippen molar-refractivity contribution in [2.45, 2.75) is 50.0 Å². The van der Waals surface area contributed by atoms with Gasteiger partial charge in [-0.1, -0.05) is 26.2 Å². The van der Waals surface area contributed by atoms with Crippen LogP contribution in [0.1, 0.15) is 39.0 Å². The first-order valence-corrected chi connectivity index (χ1v) is 9.38. The predicted molar refractivity (Wildman–Crippen MR) is 84.9 cm³/mol. The van der Waals surface area contributed by atoms with Crippen LogP contribution < -0.4 is 10.5 Å². The average molecular weight is 379 g/mol. The van der Waals surface area contributed by atoms with Gasteiger partial charge in [0.2, 0.25) is 10.0 Å². The van der Waals surface area contributed by atoms with Crippen molar-refractivity contribution in [3.8, 4) is 0 Å². The fourth-order valence-electron chi connectivity index (χ4n) is 2.83. The Morgan fingerprint density at radius 1 is 1.43 bits per heavy atom. The second kappa shape index (κ2) is 6.62. The zero-order chi connectivity index (χ0) is 15.6. The highest BCUT2D eigenvalue weighted by Gasteiger charge is 2.27. The van der Waals surface area contributed by atoms with E-state index in [1.165, 1.54) is 6.07 Å². The number of anilines is 1. The summed E-state index contributed by atoms with van der Waals surface area (Å²) in [4.78, 5) is -0.0746. The minimum absolute atomic E-state index is 0.0723. The molecule has 0 aromatic heterocycles. The molecule has 118 valence electrons. The van der Waals surface area contributed by atoms with Gasteiger partial charge in [-0.3, -0.25) is 0 Å². The average Bonchev–Trinajstić information content (AvgIpc) is 2.42. The van der Waals surface area contributed by atoms with Gasteiger partial charge in [0, 0.05) is 6.04 Å². The molecular weight excluding hydrogens is 359 g/mol. The molecule has 0 bridgehead atoms. The van der Waals surface area contributed by atoms with Crippen molar-refractivity contribution < 1.29 is 12.8 Å². The molecule has 0 heterocycles. The van der Waals surface area contributed by atoms with Gasteiger partial charge >= 0.3 is 0 Å². The van der Waals surface area contributed by atoms with Crippen molar-refractivity contribution in [1.29, 1.82) is 0 Å². The van der Waals surface area contributed by atoms with Crippen LogP contribution in [-0.4, -0.2) is 14.5 Å². The molecule has 0 amide bonds. The second-order valence-electron chi connectivity index (χ2n) is 5.56. The lowest BCUT2D eigenvalue weighted by atomic mass is 9.85. The Morgan fingerprint density at radius 3 is 2.81 bits per heavy atom. The van der Waals surface area contributed by atoms with E-state index < -0.39 is 15.8 Å². The van der Waals surface area contributed by atoms with Crippen molar-refractivity contribution in [1.82, 2.24) is 4.72 Å². The van der Waals surface area contributed by atoms with Gasteiger partial charge in [-0.25, -0.2) is 17.5 Å². The van der Waals surface area contributed by atoms with Crippen molar-refractivity contribution in [2.24, 2.45) is 5.92 Å². The molecule has 2 atom stereocenters. The Kier molecular flexibility index (Phi) is 5.27. The number of benzene rings is 1. The van der Waals surface area contributed by atoms with Crippen LogP contribution in [0.4, 0.5) is 10.1 Å². The normalized spacial score (nSPS) is 23.2. The SMILES string of the molecule is CCC1CCCC(NS(=O)(=O)c2cc(Br)c(F)cc2N)C1. The second-order valence-corrected chi connectivity index (χ2v) is 8.10. The summed E-state index contributed by atoms with van der Waals surface area (Å²) in [5, 5.41) is 0. The number of rotatable bonds is 4. The highest BCUT2D eigenvalue weighted by Crippen LogP contribution is 2.30. The largest absolute Gasteiger partial charge is 0.398 e. The van der Waals surface area contributed by atoms with Crippen LogP contribution in [0, 0.1) is 11.7 Å². The number of nitrogens with one attached hydrogen (secondary N) is 1. The Morgan fingerprint density at radius 2 is 2.14 bits per heavy atom. The predicted octanol–water partition coefficient (Wildman–Crippen LogP) is 3.42. The van der Waals surface area contributed by atoms with E-state index in [-0.39, 0.29) is 21.1 Å². The molecule has 1 aliphatic rings. The zero-order valence-electron chi connectivity index (χ0n) is 11.9. The van der Waals surface area contributed by atoms with E-state index in [9.17, 15) is 12.8 Å². The fourth-order valence-corrected chi connectivity index (χ4v) is 4.75. The molecule has 1 fully saturated rings. The summed E-state index contributed by atoms with van der Waals surface area (Å²) in [7, 11) is -3.73. The van der Waals surface area contributed by atoms with Crippen LogP contribution in [0.3, 0.4) is 0 Å². The summed E-state index contributed by atoms with van der Waals surface area (Å²) in [6, 6.07) is 2.17. The lowest BCUT2D eigenvalue weighted by Crippen LogP contribution is -2.38. The van der Waals surface area contributed by atoms with E-state index in [4.69, 9.17) is 5.73 Å². The first-order chi connectivity index (χ1) is 9.83. The number of halogens is 2. The number of hydrogen-bond acceptors (Lipinski definition) is 3. The van der Waals surface area contributed by atoms with Crippen LogP contribution in [0.15, 0.2) is 21.5 Å². The first kappa shape index (κ1) is 16.7. The Balaban J connectivity index is 2.20. The van der Waals surface area contributed by atoms with Gasteiger partial charge in [-0.05, 0) is 46.8 Å². The smallest absolute Gasteiger partial charge is 0.242 e. The molecule has 0 saturated heterocycles. The van der Waals surface area contributed by atoms with Crippen LogP contribution >= 0.6 is 15.9 Å². The molecule has 2 unspecified atom stereocenters. The van der Waals surface area contributed by atoms with Gasteiger partial charge < -0.3 is 5.73 Å². The van der Waals surface area contributed by atoms with Crippen LogP contribution in [0.25, 0.3) is 0 Å². The van der Waals surface area contributed by atoms with Crippen LogP contribution in [0.2, 0.25) is 0 Å². The molecule has 1 aliphatic carbocycles. The highest BCUT2D eigenvalue weighted by atomic mass is 79.9. The van der Waals surface area contributed by atoms with Crippen LogP contribution in [0.5, 0.6) is 0 Å². The molecule has 2 rings (SSSR count). The summed E-state index contributed by atoms with van der Waals surface area (Å²) in [6.07, 6.45) is 4.91. The maximum atomic E-state index is 13.4. The molecular formula is C14H20BrFN2O2S. The minimum Gasteiger partial charge on any atom is -0.398 e. The van der Waals surface area contributed by atoms with Crippen molar-refractivity contribution >= 4 is 31.6 Å². The quantitative estimate of drug-likeness (QED) is 0.788. The molecule has 1 aromatic carbocycles. The van der Waals surface area contributed by atoms with E-state index in [0.29, 0.717) is 5.92 Å². The van der Waals surface area contributed by atoms with Crippen molar-refractivity contribution in [3.05, 3.63) is 22.4 Å². The summed E-state index contributed by atoms with van der Waals surface area (Å²) in [5.74, 6) is -0.0149. The van der Waals surface area contributed by atoms with E-state index in [2.05, 4.69) is 27.6 Å². The van der Waals surface area contributed by atoms with Crippen molar-refractivity contribution in [2.75, 3.05) is 5.73 Å². The minimum atomic E-state index is -3.73. The highest BCUT2D eigenvalue weighted by molar-refractivity contribution is 9.10. The maximum absolute atomic E-state index is 13.4. The topological polar surface area (TPSA) is 72.2 Å². The summed E-state index contributed by atoms with van der Waals surface area (Å²) < 4.78 is 41.1. The number of sulfonamides is 1. The van der Waals surface area contributed by atoms with E-state index in [0.717, 1.165) is 38.2 Å². The summed E-state index contributed by atoms with van der Waals surface area (Å²) in [6.45, 7) is 2.12. The monoisotopic (exact) mass is 378 g/mol. The lowest BCUT2D eigenvalue weighted by Gasteiger charge is -2.29. The standard InChI is InChI=1S/C14H20BrFN2O2S/c1-2-9-4-3-5-10(6-9)18-21(19,20)14-7-11(15)12(16)8-13(14)17/h7-10,18H,2-6,17H2,1H3. The molecule has 0 radical (unpaired) electrons. The molecule has 21 heavy (non-hydrogen) atoms. The summed E-state index contributed by atoms with van der Waals surface area (Å²) >= 11 is 3.00. The molecule has 0 spiro atoms. The van der Waals surface area contributed by atoms with Gasteiger partial charge in [0.1, 0.15) is 10.7 Å². The van der Waals surface area contributed by atoms with E-state index in [1.54, 1.807) is 0 Å². The van der Waals surface area contributed by atoms with E-state index >= 15 is 0 Å². The molecule has 0 aliphatic heterocycles. The Hall–Kier alpha value is -0.660. The fraction of sp³-hybridized carbons (Fsp3) is 0.571. The van der Waals surface area contributed by atoms with Gasteiger partial charge in [-0.15, -0.1) is 0 Å². The van der Waals surface area contributed by atoms with E-state index in [1.807, 2.05) is 0 Å². The molecule has 3 N–H and O–H groups in total. The number of nitrogen functional groups attached to an aromatic ring is 1. The lowest BCUT2D eigenvalue weighted by molar-refractivity contribution is 0.301.